The molecular weight excluding hydrogens is 384 g/mol. The van der Waals surface area contributed by atoms with Crippen LogP contribution in [0.3, 0.4) is 0 Å². The summed E-state index contributed by atoms with van der Waals surface area (Å²) in [6, 6.07) is 7.66. The van der Waals surface area contributed by atoms with Crippen molar-refractivity contribution in [1.82, 2.24) is 15.1 Å². The van der Waals surface area contributed by atoms with Gasteiger partial charge < -0.3 is 10.1 Å². The second-order valence-corrected chi connectivity index (χ2v) is 7.92. The number of nitrogens with zero attached hydrogens (tertiary/aromatic N) is 3. The van der Waals surface area contributed by atoms with E-state index >= 15 is 0 Å². The molecule has 1 saturated heterocycles. The predicted octanol–water partition coefficient (Wildman–Crippen LogP) is 3.04. The minimum absolute atomic E-state index is 0.155. The first-order valence-corrected chi connectivity index (χ1v) is 9.45. The molecule has 0 radical (unpaired) electrons. The van der Waals surface area contributed by atoms with Gasteiger partial charge in [0.2, 0.25) is 5.91 Å². The lowest BCUT2D eigenvalue weighted by Crippen LogP contribution is -2.51. The molecule has 8 nitrogen and oxygen atoms in total. The van der Waals surface area contributed by atoms with Crippen LogP contribution in [-0.2, 0) is 20.5 Å². The van der Waals surface area contributed by atoms with Crippen LogP contribution in [-0.4, -0.2) is 40.4 Å². The van der Waals surface area contributed by atoms with E-state index in [-0.39, 0.29) is 17.0 Å². The van der Waals surface area contributed by atoms with Crippen LogP contribution in [0.25, 0.3) is 0 Å². The molecule has 0 spiro atoms. The maximum Gasteiger partial charge on any atom is 0.307 e. The third-order valence-corrected chi connectivity index (χ3v) is 5.72. The highest BCUT2D eigenvalue weighted by molar-refractivity contribution is 6.31. The van der Waals surface area contributed by atoms with Gasteiger partial charge in [-0.05, 0) is 38.3 Å². The maximum atomic E-state index is 12.9. The molecule has 2 heterocycles. The second kappa shape index (κ2) is 7.89. The Hall–Kier alpha value is -2.45. The summed E-state index contributed by atoms with van der Waals surface area (Å²) in [6.45, 7) is 4.92. The van der Waals surface area contributed by atoms with Crippen molar-refractivity contribution in [1.29, 1.82) is 0 Å². The standard InChI is InChI=1S/C19H23ClN4O4/c1-18(2,23-12-14(11-22-23)24(26)27)17(25)21-13-19(7-9-28-10-8-19)15-5-3-4-6-16(15)20/h3-6,11-12H,7-10,13H2,1-2H3,(H,21,25). The SMILES string of the molecule is CC(C)(C(=O)NCC1(c2ccccc2Cl)CCOCC1)n1cc([N+](=O)[O-])cn1. The highest BCUT2D eigenvalue weighted by atomic mass is 35.5. The number of carbonyl (C=O) groups is 1. The molecule has 1 aliphatic heterocycles. The van der Waals surface area contributed by atoms with Crippen molar-refractivity contribution >= 4 is 23.2 Å². The summed E-state index contributed by atoms with van der Waals surface area (Å²) in [6.07, 6.45) is 3.88. The third kappa shape index (κ3) is 3.88. The molecule has 9 heteroatoms. The van der Waals surface area contributed by atoms with Gasteiger partial charge in [0.15, 0.2) is 0 Å². The maximum absolute atomic E-state index is 12.9. The van der Waals surface area contributed by atoms with Gasteiger partial charge in [-0.15, -0.1) is 0 Å². The predicted molar refractivity (Wildman–Crippen MR) is 104 cm³/mol. The van der Waals surface area contributed by atoms with Crippen molar-refractivity contribution in [2.24, 2.45) is 0 Å². The van der Waals surface area contributed by atoms with Crippen molar-refractivity contribution in [3.05, 3.63) is 57.4 Å². The fourth-order valence-electron chi connectivity index (χ4n) is 3.48. The average molecular weight is 407 g/mol. The molecule has 1 aliphatic rings. The summed E-state index contributed by atoms with van der Waals surface area (Å²) in [5, 5.41) is 18.6. The first-order valence-electron chi connectivity index (χ1n) is 9.07. The fraction of sp³-hybridized carbons (Fsp3) is 0.474. The van der Waals surface area contributed by atoms with E-state index in [1.54, 1.807) is 13.8 Å². The number of ether oxygens (including phenoxy) is 1. The molecular formula is C19H23ClN4O4. The monoisotopic (exact) mass is 406 g/mol. The van der Waals surface area contributed by atoms with Gasteiger partial charge in [0.25, 0.3) is 0 Å². The van der Waals surface area contributed by atoms with E-state index in [2.05, 4.69) is 10.4 Å². The fourth-order valence-corrected chi connectivity index (χ4v) is 3.81. The highest BCUT2D eigenvalue weighted by Crippen LogP contribution is 2.38. The summed E-state index contributed by atoms with van der Waals surface area (Å²) in [5.41, 5.74) is -0.565. The van der Waals surface area contributed by atoms with Gasteiger partial charge in [0.05, 0.1) is 4.92 Å². The number of carbonyl (C=O) groups excluding carboxylic acids is 1. The van der Waals surface area contributed by atoms with Crippen LogP contribution < -0.4 is 5.32 Å². The van der Waals surface area contributed by atoms with E-state index in [1.807, 2.05) is 24.3 Å². The van der Waals surface area contributed by atoms with Crippen LogP contribution in [0.5, 0.6) is 0 Å². The van der Waals surface area contributed by atoms with Gasteiger partial charge in [0.1, 0.15) is 17.9 Å². The van der Waals surface area contributed by atoms with Crippen molar-refractivity contribution in [3.8, 4) is 0 Å². The highest BCUT2D eigenvalue weighted by Gasteiger charge is 2.39. The van der Waals surface area contributed by atoms with Crippen LogP contribution in [0, 0.1) is 10.1 Å². The van der Waals surface area contributed by atoms with E-state index in [9.17, 15) is 14.9 Å². The Morgan fingerprint density at radius 2 is 2.07 bits per heavy atom. The van der Waals surface area contributed by atoms with Crippen molar-refractivity contribution < 1.29 is 14.5 Å². The van der Waals surface area contributed by atoms with E-state index < -0.39 is 10.5 Å². The molecule has 1 amide bonds. The minimum atomic E-state index is -1.08. The number of benzene rings is 1. The number of nitrogens with one attached hydrogen (secondary N) is 1. The Morgan fingerprint density at radius 3 is 2.68 bits per heavy atom. The molecule has 2 aromatic rings. The lowest BCUT2D eigenvalue weighted by molar-refractivity contribution is -0.385. The summed E-state index contributed by atoms with van der Waals surface area (Å²) in [5.74, 6) is -0.275. The molecule has 0 bridgehead atoms. The number of hydrogen-bond donors (Lipinski definition) is 1. The summed E-state index contributed by atoms with van der Waals surface area (Å²) in [7, 11) is 0. The van der Waals surface area contributed by atoms with Gasteiger partial charge >= 0.3 is 5.69 Å². The zero-order chi connectivity index (χ0) is 20.4. The van der Waals surface area contributed by atoms with E-state index in [0.29, 0.717) is 24.8 Å². The lowest BCUT2D eigenvalue weighted by Gasteiger charge is -2.39. The molecule has 0 aliphatic carbocycles. The topological polar surface area (TPSA) is 99.3 Å². The second-order valence-electron chi connectivity index (χ2n) is 7.51. The van der Waals surface area contributed by atoms with E-state index in [0.717, 1.165) is 24.6 Å². The molecule has 0 unspecified atom stereocenters. The van der Waals surface area contributed by atoms with Crippen molar-refractivity contribution in [2.75, 3.05) is 19.8 Å². The molecule has 0 saturated carbocycles. The number of nitro groups is 1. The zero-order valence-corrected chi connectivity index (χ0v) is 16.6. The Bertz CT molecular complexity index is 874. The minimum Gasteiger partial charge on any atom is -0.381 e. The van der Waals surface area contributed by atoms with Crippen LogP contribution in [0.4, 0.5) is 5.69 Å². The zero-order valence-electron chi connectivity index (χ0n) is 15.9. The van der Waals surface area contributed by atoms with Gasteiger partial charge in [0, 0.05) is 30.2 Å². The third-order valence-electron chi connectivity index (χ3n) is 5.39. The van der Waals surface area contributed by atoms with Crippen LogP contribution in [0.1, 0.15) is 32.3 Å². The lowest BCUT2D eigenvalue weighted by atomic mass is 9.74. The van der Waals surface area contributed by atoms with E-state index in [4.69, 9.17) is 16.3 Å². The largest absolute Gasteiger partial charge is 0.381 e. The van der Waals surface area contributed by atoms with Gasteiger partial charge in [-0.3, -0.25) is 19.6 Å². The molecule has 3 rings (SSSR count). The van der Waals surface area contributed by atoms with Gasteiger partial charge in [-0.2, -0.15) is 5.10 Å². The summed E-state index contributed by atoms with van der Waals surface area (Å²) in [4.78, 5) is 23.3. The number of amides is 1. The molecule has 1 fully saturated rings. The Morgan fingerprint density at radius 1 is 1.39 bits per heavy atom. The quantitative estimate of drug-likeness (QED) is 0.587. The van der Waals surface area contributed by atoms with Crippen LogP contribution in [0.2, 0.25) is 5.02 Å². The number of rotatable bonds is 6. The smallest absolute Gasteiger partial charge is 0.307 e. The van der Waals surface area contributed by atoms with E-state index in [1.165, 1.54) is 10.9 Å². The number of hydrogen-bond acceptors (Lipinski definition) is 5. The number of aromatic nitrogens is 2. The van der Waals surface area contributed by atoms with Gasteiger partial charge in [-0.25, -0.2) is 0 Å². The Labute approximate surface area is 168 Å². The molecule has 1 aromatic carbocycles. The molecule has 1 N–H and O–H groups in total. The molecule has 150 valence electrons. The van der Waals surface area contributed by atoms with Crippen LogP contribution in [0.15, 0.2) is 36.7 Å². The molecule has 28 heavy (non-hydrogen) atoms. The Balaban J connectivity index is 1.80. The first-order chi connectivity index (χ1) is 13.3. The first kappa shape index (κ1) is 20.3. The molecule has 0 atom stereocenters. The Kier molecular flexibility index (Phi) is 5.71. The summed E-state index contributed by atoms with van der Waals surface area (Å²) < 4.78 is 6.83. The summed E-state index contributed by atoms with van der Waals surface area (Å²) >= 11 is 6.45. The normalized spacial score (nSPS) is 16.5. The average Bonchev–Trinajstić information content (AvgIpc) is 3.18. The van der Waals surface area contributed by atoms with Crippen LogP contribution >= 0.6 is 11.6 Å². The number of halogens is 1. The molecule has 1 aromatic heterocycles. The van der Waals surface area contributed by atoms with Crippen molar-refractivity contribution in [2.45, 2.75) is 37.6 Å². The van der Waals surface area contributed by atoms with Gasteiger partial charge in [-0.1, -0.05) is 29.8 Å². The van der Waals surface area contributed by atoms with Crippen molar-refractivity contribution in [3.63, 3.8) is 0 Å².